The SMILES string of the molecule is c1ccc(-c2ccc(C3CCC(c4ccc5ccccc5c4)CC3)cc2)cc1. The Morgan fingerprint density at radius 2 is 0.964 bits per heavy atom. The lowest BCUT2D eigenvalue weighted by Gasteiger charge is -2.29. The molecule has 0 N–H and O–H groups in total. The van der Waals surface area contributed by atoms with Crippen LogP contribution in [0.5, 0.6) is 0 Å². The zero-order valence-electron chi connectivity index (χ0n) is 16.2. The molecule has 0 nitrogen and oxygen atoms in total. The van der Waals surface area contributed by atoms with Crippen LogP contribution in [-0.4, -0.2) is 0 Å². The maximum atomic E-state index is 2.41. The first-order chi connectivity index (χ1) is 13.9. The van der Waals surface area contributed by atoms with Gasteiger partial charge in [0.15, 0.2) is 0 Å². The topological polar surface area (TPSA) is 0 Å². The van der Waals surface area contributed by atoms with E-state index in [1.54, 1.807) is 0 Å². The van der Waals surface area contributed by atoms with E-state index >= 15 is 0 Å². The molecule has 0 amide bonds. The van der Waals surface area contributed by atoms with Crippen molar-refractivity contribution in [2.75, 3.05) is 0 Å². The number of rotatable bonds is 3. The second kappa shape index (κ2) is 7.64. The number of hydrogen-bond donors (Lipinski definition) is 0. The fraction of sp³-hybridized carbons (Fsp3) is 0.214. The molecule has 0 aliphatic heterocycles. The summed E-state index contributed by atoms with van der Waals surface area (Å²) in [7, 11) is 0. The van der Waals surface area contributed by atoms with Crippen LogP contribution in [0.3, 0.4) is 0 Å². The summed E-state index contributed by atoms with van der Waals surface area (Å²) in [5, 5.41) is 2.72. The molecule has 1 aliphatic carbocycles. The predicted molar refractivity (Wildman–Crippen MR) is 120 cm³/mol. The molecule has 0 heterocycles. The van der Waals surface area contributed by atoms with Crippen molar-refractivity contribution in [3.8, 4) is 11.1 Å². The molecular formula is C28H26. The molecule has 5 rings (SSSR count). The molecule has 0 spiro atoms. The molecule has 4 aromatic carbocycles. The molecule has 4 aromatic rings. The smallest absolute Gasteiger partial charge is 0.0161 e. The normalized spacial score (nSPS) is 19.6. The summed E-state index contributed by atoms with van der Waals surface area (Å²) in [5.74, 6) is 1.42. The molecule has 0 bridgehead atoms. The lowest BCUT2D eigenvalue weighted by molar-refractivity contribution is 0.396. The molecule has 0 radical (unpaired) electrons. The first-order valence-corrected chi connectivity index (χ1v) is 10.5. The van der Waals surface area contributed by atoms with Crippen LogP contribution in [0.4, 0.5) is 0 Å². The zero-order valence-corrected chi connectivity index (χ0v) is 16.2. The third kappa shape index (κ3) is 3.47. The van der Waals surface area contributed by atoms with Gasteiger partial charge in [-0.15, -0.1) is 0 Å². The summed E-state index contributed by atoms with van der Waals surface area (Å²) in [6.07, 6.45) is 5.18. The lowest BCUT2D eigenvalue weighted by Crippen LogP contribution is -2.12. The molecule has 1 aliphatic rings. The monoisotopic (exact) mass is 362 g/mol. The largest absolute Gasteiger partial charge is 0.0622 e. The highest BCUT2D eigenvalue weighted by molar-refractivity contribution is 5.83. The molecule has 0 atom stereocenters. The van der Waals surface area contributed by atoms with Crippen LogP contribution in [0.25, 0.3) is 21.9 Å². The van der Waals surface area contributed by atoms with Crippen LogP contribution in [-0.2, 0) is 0 Å². The second-order valence-electron chi connectivity index (χ2n) is 8.14. The Balaban J connectivity index is 1.27. The zero-order chi connectivity index (χ0) is 18.8. The molecule has 1 saturated carbocycles. The summed E-state index contributed by atoms with van der Waals surface area (Å²) in [6.45, 7) is 0. The Morgan fingerprint density at radius 3 is 1.68 bits per heavy atom. The van der Waals surface area contributed by atoms with E-state index in [2.05, 4.69) is 97.1 Å². The second-order valence-corrected chi connectivity index (χ2v) is 8.14. The Hall–Kier alpha value is -2.86. The highest BCUT2D eigenvalue weighted by atomic mass is 14.3. The fourth-order valence-corrected chi connectivity index (χ4v) is 4.80. The summed E-state index contributed by atoms with van der Waals surface area (Å²) < 4.78 is 0. The van der Waals surface area contributed by atoms with Gasteiger partial charge in [-0.1, -0.05) is 97.1 Å². The summed E-state index contributed by atoms with van der Waals surface area (Å²) in [6, 6.07) is 35.7. The van der Waals surface area contributed by atoms with Gasteiger partial charge in [0, 0.05) is 0 Å². The molecule has 28 heavy (non-hydrogen) atoms. The third-order valence-electron chi connectivity index (χ3n) is 6.46. The lowest BCUT2D eigenvalue weighted by atomic mass is 9.76. The van der Waals surface area contributed by atoms with Crippen molar-refractivity contribution >= 4 is 10.8 Å². The summed E-state index contributed by atoms with van der Waals surface area (Å²) >= 11 is 0. The van der Waals surface area contributed by atoms with Gasteiger partial charge in [0.2, 0.25) is 0 Å². The van der Waals surface area contributed by atoms with Crippen LogP contribution in [0.2, 0.25) is 0 Å². The van der Waals surface area contributed by atoms with E-state index in [0.29, 0.717) is 11.8 Å². The minimum Gasteiger partial charge on any atom is -0.0622 e. The summed E-state index contributed by atoms with van der Waals surface area (Å²) in [4.78, 5) is 0. The molecular weight excluding hydrogens is 336 g/mol. The van der Waals surface area contributed by atoms with Crippen LogP contribution in [0, 0.1) is 0 Å². The number of fused-ring (bicyclic) bond motifs is 1. The van der Waals surface area contributed by atoms with Crippen molar-refractivity contribution in [1.82, 2.24) is 0 Å². The van der Waals surface area contributed by atoms with Crippen LogP contribution >= 0.6 is 0 Å². The van der Waals surface area contributed by atoms with Gasteiger partial charge >= 0.3 is 0 Å². The van der Waals surface area contributed by atoms with E-state index in [1.165, 1.54) is 58.7 Å². The van der Waals surface area contributed by atoms with Crippen LogP contribution < -0.4 is 0 Å². The predicted octanol–water partition coefficient (Wildman–Crippen LogP) is 7.95. The van der Waals surface area contributed by atoms with E-state index in [9.17, 15) is 0 Å². The van der Waals surface area contributed by atoms with Crippen molar-refractivity contribution in [3.05, 3.63) is 108 Å². The van der Waals surface area contributed by atoms with Crippen molar-refractivity contribution in [2.24, 2.45) is 0 Å². The van der Waals surface area contributed by atoms with Crippen LogP contribution in [0.1, 0.15) is 48.6 Å². The van der Waals surface area contributed by atoms with Gasteiger partial charge in [-0.05, 0) is 70.5 Å². The molecule has 1 fully saturated rings. The fourth-order valence-electron chi connectivity index (χ4n) is 4.80. The average molecular weight is 363 g/mol. The van der Waals surface area contributed by atoms with Gasteiger partial charge in [0.25, 0.3) is 0 Å². The summed E-state index contributed by atoms with van der Waals surface area (Å²) in [5.41, 5.74) is 5.65. The van der Waals surface area contributed by atoms with Gasteiger partial charge in [0.05, 0.1) is 0 Å². The minimum absolute atomic E-state index is 0.710. The van der Waals surface area contributed by atoms with E-state index in [1.807, 2.05) is 0 Å². The first-order valence-electron chi connectivity index (χ1n) is 10.5. The molecule has 0 heteroatoms. The van der Waals surface area contributed by atoms with E-state index in [-0.39, 0.29) is 0 Å². The van der Waals surface area contributed by atoms with Crippen molar-refractivity contribution < 1.29 is 0 Å². The minimum atomic E-state index is 0.710. The van der Waals surface area contributed by atoms with E-state index in [4.69, 9.17) is 0 Å². The molecule has 138 valence electrons. The van der Waals surface area contributed by atoms with Crippen LogP contribution in [0.15, 0.2) is 97.1 Å². The van der Waals surface area contributed by atoms with E-state index < -0.39 is 0 Å². The maximum Gasteiger partial charge on any atom is -0.0161 e. The Labute approximate surface area is 167 Å². The van der Waals surface area contributed by atoms with Gasteiger partial charge < -0.3 is 0 Å². The third-order valence-corrected chi connectivity index (χ3v) is 6.46. The highest BCUT2D eigenvalue weighted by Gasteiger charge is 2.23. The Bertz CT molecular complexity index is 1050. The van der Waals surface area contributed by atoms with Gasteiger partial charge in [0.1, 0.15) is 0 Å². The Morgan fingerprint density at radius 1 is 0.429 bits per heavy atom. The van der Waals surface area contributed by atoms with Gasteiger partial charge in [-0.3, -0.25) is 0 Å². The first kappa shape index (κ1) is 17.3. The molecule has 0 saturated heterocycles. The van der Waals surface area contributed by atoms with Crippen molar-refractivity contribution in [3.63, 3.8) is 0 Å². The van der Waals surface area contributed by atoms with Gasteiger partial charge in [-0.2, -0.15) is 0 Å². The van der Waals surface area contributed by atoms with Gasteiger partial charge in [-0.25, -0.2) is 0 Å². The molecule has 0 aromatic heterocycles. The highest BCUT2D eigenvalue weighted by Crippen LogP contribution is 2.41. The number of hydrogen-bond acceptors (Lipinski definition) is 0. The standard InChI is InChI=1S/C28H26/c1-2-6-21(7-3-1)23-10-12-24(13-11-23)25-14-16-26(17-15-25)28-19-18-22-8-4-5-9-27(22)20-28/h1-13,18-20,25-26H,14-17H2. The maximum absolute atomic E-state index is 2.41. The Kier molecular flexibility index (Phi) is 4.71. The average Bonchev–Trinajstić information content (AvgIpc) is 2.80. The van der Waals surface area contributed by atoms with E-state index in [0.717, 1.165) is 0 Å². The quantitative estimate of drug-likeness (QED) is 0.347. The molecule has 0 unspecified atom stereocenters. The number of benzene rings is 4. The van der Waals surface area contributed by atoms with Crippen molar-refractivity contribution in [1.29, 1.82) is 0 Å². The van der Waals surface area contributed by atoms with Crippen molar-refractivity contribution in [2.45, 2.75) is 37.5 Å².